The number of nitrogens with zero attached hydrogens (tertiary/aromatic N) is 3. The van der Waals surface area contributed by atoms with Crippen LogP contribution in [0.5, 0.6) is 0 Å². The van der Waals surface area contributed by atoms with Gasteiger partial charge < -0.3 is 10.0 Å². The summed E-state index contributed by atoms with van der Waals surface area (Å²) < 4.78 is 43.1. The predicted molar refractivity (Wildman–Crippen MR) is 135 cm³/mol. The number of ketones is 1. The Hall–Kier alpha value is -2.59. The Bertz CT molecular complexity index is 1240. The molecule has 1 aromatic carbocycles. The Morgan fingerprint density at radius 2 is 1.71 bits per heavy atom. The van der Waals surface area contributed by atoms with Crippen LogP contribution < -0.4 is 0 Å². The summed E-state index contributed by atoms with van der Waals surface area (Å²) in [6, 6.07) is 4.28. The normalized spacial score (nSPS) is 22.7. The third-order valence-corrected chi connectivity index (χ3v) is 8.64. The molecule has 0 atom stereocenters. The third-order valence-electron chi connectivity index (χ3n) is 8.01. The van der Waals surface area contributed by atoms with Gasteiger partial charge in [-0.25, -0.2) is 0 Å². The summed E-state index contributed by atoms with van der Waals surface area (Å²) in [5, 5.41) is 13.9. The molecule has 1 amide bonds. The molecule has 2 saturated carbocycles. The maximum absolute atomic E-state index is 13.8. The number of halogens is 5. The van der Waals surface area contributed by atoms with Crippen molar-refractivity contribution >= 4 is 40.9 Å². The van der Waals surface area contributed by atoms with Gasteiger partial charge in [0.1, 0.15) is 0 Å². The average molecular weight is 574 g/mol. The average Bonchev–Trinajstić information content (AvgIpc) is 3.53. The fraction of sp³-hybridized carbons (Fsp3) is 0.538. The SMILES string of the molecule is Cc1c(C(=O)N(CC(=O)c2c(Cl)cccc2Cl)CC2(C(F)(F)F)CC2)cnn1C1CCC(C)(C(=O)O)CC1. The van der Waals surface area contributed by atoms with E-state index < -0.39 is 47.8 Å². The molecule has 38 heavy (non-hydrogen) atoms. The zero-order valence-electron chi connectivity index (χ0n) is 20.9. The number of hydrogen-bond acceptors (Lipinski definition) is 4. The molecule has 1 heterocycles. The number of benzene rings is 1. The molecular formula is C26H28Cl2F3N3O4. The smallest absolute Gasteiger partial charge is 0.396 e. The Labute approximate surface area is 227 Å². The number of amides is 1. The standard InChI is InChI=1S/C26H28Cl2F3N3O4/c1-15-17(12-32-34(15)16-6-8-24(2,9-7-16)23(37)38)22(36)33(14-25(10-11-25)26(29,30)31)13-20(35)21-18(27)4-3-5-19(21)28/h3-5,12,16H,6-11,13-14H2,1-2H3,(H,37,38). The van der Waals surface area contributed by atoms with E-state index in [2.05, 4.69) is 5.10 Å². The van der Waals surface area contributed by atoms with Crippen LogP contribution in [0.3, 0.4) is 0 Å². The van der Waals surface area contributed by atoms with Gasteiger partial charge >= 0.3 is 12.1 Å². The van der Waals surface area contributed by atoms with Gasteiger partial charge in [0.05, 0.1) is 50.8 Å². The number of aliphatic carboxylic acids is 1. The molecule has 0 bridgehead atoms. The van der Waals surface area contributed by atoms with E-state index in [1.165, 1.54) is 24.4 Å². The van der Waals surface area contributed by atoms with E-state index in [0.717, 1.165) is 4.90 Å². The van der Waals surface area contributed by atoms with Gasteiger partial charge in [-0.05, 0) is 64.5 Å². The highest BCUT2D eigenvalue weighted by atomic mass is 35.5. The van der Waals surface area contributed by atoms with Crippen LogP contribution in [-0.4, -0.2) is 56.7 Å². The molecule has 2 aromatic rings. The number of rotatable bonds is 8. The molecule has 0 spiro atoms. The summed E-state index contributed by atoms with van der Waals surface area (Å²) in [7, 11) is 0. The quantitative estimate of drug-likeness (QED) is 0.370. The largest absolute Gasteiger partial charge is 0.481 e. The monoisotopic (exact) mass is 573 g/mol. The molecule has 12 heteroatoms. The van der Waals surface area contributed by atoms with Gasteiger partial charge in [-0.15, -0.1) is 0 Å². The molecule has 2 aliphatic carbocycles. The Kier molecular flexibility index (Phi) is 7.62. The Morgan fingerprint density at radius 1 is 1.13 bits per heavy atom. The number of carbonyl (C=O) groups is 3. The highest BCUT2D eigenvalue weighted by molar-refractivity contribution is 6.40. The van der Waals surface area contributed by atoms with Gasteiger partial charge in [0.15, 0.2) is 5.78 Å². The number of hydrogen-bond donors (Lipinski definition) is 1. The van der Waals surface area contributed by atoms with Gasteiger partial charge in [0, 0.05) is 12.2 Å². The second-order valence-corrected chi connectivity index (χ2v) is 11.5. The first kappa shape index (κ1) is 28.4. The Morgan fingerprint density at radius 3 is 2.21 bits per heavy atom. The molecule has 1 aromatic heterocycles. The van der Waals surface area contributed by atoms with E-state index in [9.17, 15) is 32.7 Å². The van der Waals surface area contributed by atoms with E-state index in [-0.39, 0.29) is 40.1 Å². The fourth-order valence-corrected chi connectivity index (χ4v) is 5.74. The van der Waals surface area contributed by atoms with Gasteiger partial charge in [-0.1, -0.05) is 29.3 Å². The summed E-state index contributed by atoms with van der Waals surface area (Å²) in [4.78, 5) is 39.3. The minimum Gasteiger partial charge on any atom is -0.481 e. The molecule has 0 aliphatic heterocycles. The van der Waals surface area contributed by atoms with Crippen LogP contribution in [0.25, 0.3) is 0 Å². The van der Waals surface area contributed by atoms with E-state index in [4.69, 9.17) is 23.2 Å². The van der Waals surface area contributed by atoms with Crippen LogP contribution >= 0.6 is 23.2 Å². The second-order valence-electron chi connectivity index (χ2n) is 10.6. The van der Waals surface area contributed by atoms with Crippen molar-refractivity contribution in [2.24, 2.45) is 10.8 Å². The number of aromatic nitrogens is 2. The second kappa shape index (κ2) is 10.2. The van der Waals surface area contributed by atoms with Crippen molar-refractivity contribution in [2.45, 2.75) is 64.6 Å². The maximum atomic E-state index is 13.8. The molecular weight excluding hydrogens is 546 g/mol. The zero-order valence-corrected chi connectivity index (χ0v) is 22.5. The van der Waals surface area contributed by atoms with Gasteiger partial charge in [-0.2, -0.15) is 18.3 Å². The first-order valence-electron chi connectivity index (χ1n) is 12.3. The van der Waals surface area contributed by atoms with Gasteiger partial charge in [0.25, 0.3) is 5.91 Å². The molecule has 0 saturated heterocycles. The molecule has 2 fully saturated rings. The topological polar surface area (TPSA) is 92.5 Å². The lowest BCUT2D eigenvalue weighted by atomic mass is 9.74. The highest BCUT2D eigenvalue weighted by Crippen LogP contribution is 2.58. The van der Waals surface area contributed by atoms with Crippen LogP contribution in [0.15, 0.2) is 24.4 Å². The Balaban J connectivity index is 1.60. The first-order valence-corrected chi connectivity index (χ1v) is 13.1. The summed E-state index contributed by atoms with van der Waals surface area (Å²) >= 11 is 12.3. The number of Topliss-reactive ketones (excluding diaryl/α,β-unsaturated/α-hetero) is 1. The third kappa shape index (κ3) is 5.30. The van der Waals surface area contributed by atoms with E-state index in [1.807, 2.05) is 0 Å². The minimum absolute atomic E-state index is 0.0431. The first-order chi connectivity index (χ1) is 17.7. The number of alkyl halides is 3. The van der Waals surface area contributed by atoms with Crippen LogP contribution in [0.2, 0.25) is 10.0 Å². The van der Waals surface area contributed by atoms with E-state index in [1.54, 1.807) is 18.5 Å². The minimum atomic E-state index is -4.53. The lowest BCUT2D eigenvalue weighted by Crippen LogP contribution is -2.44. The summed E-state index contributed by atoms with van der Waals surface area (Å²) in [5.74, 6) is -2.27. The zero-order chi connectivity index (χ0) is 28.0. The summed E-state index contributed by atoms with van der Waals surface area (Å²) in [6.07, 6.45) is -1.57. The van der Waals surface area contributed by atoms with Crippen molar-refractivity contribution in [3.8, 4) is 0 Å². The van der Waals surface area contributed by atoms with E-state index in [0.29, 0.717) is 31.4 Å². The van der Waals surface area contributed by atoms with Crippen molar-refractivity contribution in [3.63, 3.8) is 0 Å². The molecule has 4 rings (SSSR count). The summed E-state index contributed by atoms with van der Waals surface area (Å²) in [6.45, 7) is 2.04. The maximum Gasteiger partial charge on any atom is 0.396 e. The number of carboxylic acids is 1. The van der Waals surface area contributed by atoms with Crippen molar-refractivity contribution in [3.05, 3.63) is 51.3 Å². The van der Waals surface area contributed by atoms with Gasteiger partial charge in [-0.3, -0.25) is 19.1 Å². The van der Waals surface area contributed by atoms with Gasteiger partial charge in [0.2, 0.25) is 0 Å². The molecule has 0 radical (unpaired) electrons. The number of carboxylic acid groups (broad SMARTS) is 1. The van der Waals surface area contributed by atoms with Crippen molar-refractivity contribution in [1.29, 1.82) is 0 Å². The molecule has 0 unspecified atom stereocenters. The highest BCUT2D eigenvalue weighted by Gasteiger charge is 2.64. The van der Waals surface area contributed by atoms with Crippen LogP contribution in [-0.2, 0) is 4.79 Å². The van der Waals surface area contributed by atoms with Crippen LogP contribution in [0.4, 0.5) is 13.2 Å². The molecule has 1 N–H and O–H groups in total. The molecule has 2 aliphatic rings. The van der Waals surface area contributed by atoms with Crippen LogP contribution in [0.1, 0.15) is 77.9 Å². The lowest BCUT2D eigenvalue weighted by molar-refractivity contribution is -0.189. The predicted octanol–water partition coefficient (Wildman–Crippen LogP) is 6.37. The molecule has 206 valence electrons. The fourth-order valence-electron chi connectivity index (χ4n) is 5.13. The van der Waals surface area contributed by atoms with Crippen LogP contribution in [0, 0.1) is 17.8 Å². The van der Waals surface area contributed by atoms with Crippen molar-refractivity contribution in [1.82, 2.24) is 14.7 Å². The number of carbonyl (C=O) groups excluding carboxylic acids is 2. The lowest BCUT2D eigenvalue weighted by Gasteiger charge is -2.34. The van der Waals surface area contributed by atoms with Crippen molar-refractivity contribution < 1.29 is 32.7 Å². The van der Waals surface area contributed by atoms with Crippen molar-refractivity contribution in [2.75, 3.05) is 13.1 Å². The summed E-state index contributed by atoms with van der Waals surface area (Å²) in [5.41, 5.74) is -2.41. The van der Waals surface area contributed by atoms with E-state index >= 15 is 0 Å². The molecule has 7 nitrogen and oxygen atoms in total.